The molecule has 252 valence electrons. The van der Waals surface area contributed by atoms with Crippen LogP contribution in [0, 0.1) is 5.92 Å². The number of aromatic amines is 2. The molecule has 0 aliphatic carbocycles. The molecule has 2 aromatic carbocycles. The Morgan fingerprint density at radius 2 is 1.68 bits per heavy atom. The van der Waals surface area contributed by atoms with Crippen molar-refractivity contribution in [3.63, 3.8) is 0 Å². The minimum Gasteiger partial charge on any atom is -0.464 e. The topological polar surface area (TPSA) is 167 Å². The average Bonchev–Trinajstić information content (AvgIpc) is 3.65. The third kappa shape index (κ3) is 7.87. The summed E-state index contributed by atoms with van der Waals surface area (Å²) in [7, 11) is 0. The van der Waals surface area contributed by atoms with E-state index < -0.39 is 29.9 Å². The number of carbonyl (C=O) groups excluding carboxylic acids is 3. The number of likely N-dealkylation sites (tertiary alicyclic amines) is 1. The highest BCUT2D eigenvalue weighted by Crippen LogP contribution is 2.29. The molecule has 47 heavy (non-hydrogen) atoms. The Morgan fingerprint density at radius 3 is 2.40 bits per heavy atom. The minimum absolute atomic E-state index is 0.0573. The predicted octanol–water partition coefficient (Wildman–Crippen LogP) is 4.14. The van der Waals surface area contributed by atoms with Crippen molar-refractivity contribution in [2.75, 3.05) is 26.2 Å². The molecule has 12 heteroatoms. The van der Waals surface area contributed by atoms with Crippen LogP contribution in [0.1, 0.15) is 70.4 Å². The van der Waals surface area contributed by atoms with Gasteiger partial charge in [-0.3, -0.25) is 9.36 Å². The fourth-order valence-electron chi connectivity index (χ4n) is 6.41. The van der Waals surface area contributed by atoms with Crippen molar-refractivity contribution in [3.8, 4) is 0 Å². The van der Waals surface area contributed by atoms with Gasteiger partial charge in [0, 0.05) is 42.1 Å². The maximum absolute atomic E-state index is 14.1. The molecule has 0 bridgehead atoms. The summed E-state index contributed by atoms with van der Waals surface area (Å²) in [5.74, 6) is -1.25. The van der Waals surface area contributed by atoms with Gasteiger partial charge < -0.3 is 36.0 Å². The van der Waals surface area contributed by atoms with E-state index in [0.29, 0.717) is 51.7 Å². The SMILES string of the molecule is CC(C)COC(=O)[C@H](CCCCN)NC(=O)[C@H](NC(=O)N1CCC(n2c(=O)[nH]c3ccccc32)CC1)C(C)c1c[nH]c2ccccc12. The van der Waals surface area contributed by atoms with Gasteiger partial charge in [-0.2, -0.15) is 0 Å². The van der Waals surface area contributed by atoms with E-state index in [1.165, 1.54) is 0 Å². The number of nitrogens with zero attached hydrogens (tertiary/aromatic N) is 2. The number of H-pyrrole nitrogens is 2. The lowest BCUT2D eigenvalue weighted by molar-refractivity contribution is -0.149. The van der Waals surface area contributed by atoms with E-state index >= 15 is 0 Å². The summed E-state index contributed by atoms with van der Waals surface area (Å²) < 4.78 is 7.29. The standard InChI is InChI=1S/C35H47N7O5/c1-22(2)21-47-33(44)29(13-8-9-17-36)38-32(43)31(23(3)26-20-37-27-11-5-4-10-25(26)27)40-34(45)41-18-15-24(16-19-41)42-30-14-7-6-12-28(30)39-35(42)46/h4-7,10-12,14,20,22-24,29,31,37H,8-9,13,15-19,21,36H2,1-3H3,(H,38,43)(H,39,46)(H,40,45)/t23?,29-,31+/m0/s1. The molecule has 12 nitrogen and oxygen atoms in total. The van der Waals surface area contributed by atoms with Crippen molar-refractivity contribution in [1.29, 1.82) is 0 Å². The normalized spacial score (nSPS) is 15.9. The molecular weight excluding hydrogens is 598 g/mol. The summed E-state index contributed by atoms with van der Waals surface area (Å²) in [5.41, 5.74) is 8.96. The summed E-state index contributed by atoms with van der Waals surface area (Å²) in [6, 6.07) is 13.1. The average molecular weight is 646 g/mol. The number of carbonyl (C=O) groups is 3. The smallest absolute Gasteiger partial charge is 0.328 e. The van der Waals surface area contributed by atoms with Gasteiger partial charge in [-0.05, 0) is 68.3 Å². The molecule has 0 radical (unpaired) electrons. The number of fused-ring (bicyclic) bond motifs is 2. The van der Waals surface area contributed by atoms with Crippen LogP contribution in [-0.4, -0.2) is 75.7 Å². The first-order valence-corrected chi connectivity index (χ1v) is 16.7. The summed E-state index contributed by atoms with van der Waals surface area (Å²) in [6.07, 6.45) is 4.77. The Balaban J connectivity index is 1.33. The zero-order valence-electron chi connectivity index (χ0n) is 27.5. The van der Waals surface area contributed by atoms with E-state index in [2.05, 4.69) is 20.6 Å². The molecule has 3 amide bonds. The fourth-order valence-corrected chi connectivity index (χ4v) is 6.41. The molecule has 5 rings (SSSR count). The van der Waals surface area contributed by atoms with E-state index in [-0.39, 0.29) is 30.3 Å². The number of urea groups is 1. The molecule has 0 saturated carbocycles. The van der Waals surface area contributed by atoms with Crippen molar-refractivity contribution < 1.29 is 19.1 Å². The van der Waals surface area contributed by atoms with Gasteiger partial charge in [0.15, 0.2) is 0 Å². The number of aromatic nitrogens is 3. The molecule has 0 spiro atoms. The highest BCUT2D eigenvalue weighted by Gasteiger charge is 2.35. The van der Waals surface area contributed by atoms with Crippen molar-refractivity contribution in [1.82, 2.24) is 30.1 Å². The number of hydrogen-bond acceptors (Lipinski definition) is 6. The first kappa shape index (κ1) is 33.8. The second-order valence-corrected chi connectivity index (χ2v) is 12.9. The van der Waals surface area contributed by atoms with Crippen LogP contribution in [0.4, 0.5) is 4.79 Å². The van der Waals surface area contributed by atoms with Gasteiger partial charge in [0.1, 0.15) is 12.1 Å². The maximum atomic E-state index is 14.1. The van der Waals surface area contributed by atoms with Crippen molar-refractivity contribution in [2.24, 2.45) is 11.7 Å². The Bertz CT molecular complexity index is 1730. The van der Waals surface area contributed by atoms with Gasteiger partial charge in [-0.1, -0.05) is 51.1 Å². The van der Waals surface area contributed by atoms with Crippen LogP contribution < -0.4 is 22.1 Å². The number of hydrogen-bond donors (Lipinski definition) is 5. The van der Waals surface area contributed by atoms with E-state index in [1.54, 1.807) is 9.47 Å². The zero-order chi connectivity index (χ0) is 33.5. The highest BCUT2D eigenvalue weighted by molar-refractivity contribution is 5.92. The maximum Gasteiger partial charge on any atom is 0.328 e. The second-order valence-electron chi connectivity index (χ2n) is 12.9. The molecule has 1 aliphatic rings. The summed E-state index contributed by atoms with van der Waals surface area (Å²) in [4.78, 5) is 61.6. The molecule has 3 atom stereocenters. The molecule has 6 N–H and O–H groups in total. The number of para-hydroxylation sites is 3. The zero-order valence-corrected chi connectivity index (χ0v) is 27.5. The number of amides is 3. The molecular formula is C35H47N7O5. The first-order chi connectivity index (χ1) is 22.7. The van der Waals surface area contributed by atoms with Gasteiger partial charge in [-0.15, -0.1) is 0 Å². The van der Waals surface area contributed by atoms with E-state index in [0.717, 1.165) is 27.5 Å². The molecule has 1 fully saturated rings. The van der Waals surface area contributed by atoms with E-state index in [9.17, 15) is 19.2 Å². The van der Waals surface area contributed by atoms with Crippen molar-refractivity contribution >= 4 is 39.8 Å². The van der Waals surface area contributed by atoms with Crippen LogP contribution in [0.2, 0.25) is 0 Å². The Hall–Kier alpha value is -4.58. The molecule has 1 saturated heterocycles. The minimum atomic E-state index is -0.981. The number of esters is 1. The summed E-state index contributed by atoms with van der Waals surface area (Å²) in [5, 5.41) is 6.87. The number of nitrogens with two attached hydrogens (primary N) is 1. The van der Waals surface area contributed by atoms with Gasteiger partial charge in [0.05, 0.1) is 17.6 Å². The van der Waals surface area contributed by atoms with Gasteiger partial charge in [-0.25, -0.2) is 14.4 Å². The second kappa shape index (κ2) is 15.3. The monoisotopic (exact) mass is 645 g/mol. The summed E-state index contributed by atoms with van der Waals surface area (Å²) >= 11 is 0. The van der Waals surface area contributed by atoms with Gasteiger partial charge in [0.25, 0.3) is 0 Å². The highest BCUT2D eigenvalue weighted by atomic mass is 16.5. The lowest BCUT2D eigenvalue weighted by atomic mass is 9.91. The Labute approximate surface area is 274 Å². The van der Waals surface area contributed by atoms with E-state index in [1.807, 2.05) is 75.5 Å². The lowest BCUT2D eigenvalue weighted by Gasteiger charge is -2.34. The lowest BCUT2D eigenvalue weighted by Crippen LogP contribution is -2.57. The summed E-state index contributed by atoms with van der Waals surface area (Å²) in [6.45, 7) is 7.36. The van der Waals surface area contributed by atoms with E-state index in [4.69, 9.17) is 10.5 Å². The molecule has 1 aliphatic heterocycles. The van der Waals surface area contributed by atoms with Crippen LogP contribution in [0.3, 0.4) is 0 Å². The van der Waals surface area contributed by atoms with Gasteiger partial charge in [0.2, 0.25) is 5.91 Å². The number of imidazole rings is 1. The van der Waals surface area contributed by atoms with Crippen LogP contribution in [0.25, 0.3) is 21.9 Å². The third-order valence-electron chi connectivity index (χ3n) is 9.02. The van der Waals surface area contributed by atoms with Crippen molar-refractivity contribution in [2.45, 2.75) is 76.9 Å². The van der Waals surface area contributed by atoms with Crippen LogP contribution in [-0.2, 0) is 14.3 Å². The third-order valence-corrected chi connectivity index (χ3v) is 9.02. The van der Waals surface area contributed by atoms with Gasteiger partial charge >= 0.3 is 17.7 Å². The number of ether oxygens (including phenoxy) is 1. The van der Waals surface area contributed by atoms with Crippen LogP contribution in [0.5, 0.6) is 0 Å². The van der Waals surface area contributed by atoms with Crippen LogP contribution in [0.15, 0.2) is 59.5 Å². The quantitative estimate of drug-likeness (QED) is 0.108. The Morgan fingerprint density at radius 1 is 0.979 bits per heavy atom. The van der Waals surface area contributed by atoms with Crippen molar-refractivity contribution in [3.05, 3.63) is 70.8 Å². The number of piperidine rings is 1. The first-order valence-electron chi connectivity index (χ1n) is 16.7. The largest absolute Gasteiger partial charge is 0.464 e. The van der Waals surface area contributed by atoms with Crippen LogP contribution >= 0.6 is 0 Å². The fraction of sp³-hybridized carbons (Fsp3) is 0.486. The predicted molar refractivity (Wildman–Crippen MR) is 182 cm³/mol. The number of nitrogens with one attached hydrogen (secondary N) is 4. The Kier molecular flexibility index (Phi) is 11.0. The molecule has 4 aromatic rings. The molecule has 3 heterocycles. The number of benzene rings is 2. The number of rotatable bonds is 13. The number of unbranched alkanes of at least 4 members (excludes halogenated alkanes) is 1. The molecule has 2 aromatic heterocycles. The molecule has 1 unspecified atom stereocenters.